The summed E-state index contributed by atoms with van der Waals surface area (Å²) < 4.78 is 0.857. The third-order valence-corrected chi connectivity index (χ3v) is 3.87. The maximum atomic E-state index is 4.44. The van der Waals surface area contributed by atoms with Crippen molar-refractivity contribution < 1.29 is 0 Å². The van der Waals surface area contributed by atoms with Crippen molar-refractivity contribution in [2.24, 2.45) is 0 Å². The third-order valence-electron chi connectivity index (χ3n) is 2.38. The molecule has 0 bridgehead atoms. The van der Waals surface area contributed by atoms with Gasteiger partial charge in [0.05, 0.1) is 16.0 Å². The van der Waals surface area contributed by atoms with Gasteiger partial charge >= 0.3 is 0 Å². The van der Waals surface area contributed by atoms with Gasteiger partial charge in [-0.3, -0.25) is 0 Å². The summed E-state index contributed by atoms with van der Waals surface area (Å²) in [6.45, 7) is 5.70. The number of nitrogens with one attached hydrogen (secondary N) is 2. The summed E-state index contributed by atoms with van der Waals surface area (Å²) >= 11 is 5.13. The zero-order valence-corrected chi connectivity index (χ0v) is 13.3. The zero-order chi connectivity index (χ0) is 13.7. The lowest BCUT2D eigenvalue weighted by Crippen LogP contribution is -2.07. The molecule has 7 heteroatoms. The maximum Gasteiger partial charge on any atom is 0.224 e. The molecule has 2 N–H and O–H groups in total. The molecule has 0 aliphatic rings. The highest BCUT2D eigenvalue weighted by atomic mass is 79.9. The van der Waals surface area contributed by atoms with Crippen molar-refractivity contribution in [2.75, 3.05) is 17.2 Å². The SMILES string of the molecule is CCCNc1ncc(Br)c(NCc2cnc(C)s2)n1. The Morgan fingerprint density at radius 3 is 2.79 bits per heavy atom. The van der Waals surface area contributed by atoms with E-state index in [0.717, 1.165) is 28.3 Å². The third kappa shape index (κ3) is 4.14. The topological polar surface area (TPSA) is 62.7 Å². The summed E-state index contributed by atoms with van der Waals surface area (Å²) in [5.41, 5.74) is 0. The predicted molar refractivity (Wildman–Crippen MR) is 82.7 cm³/mol. The quantitative estimate of drug-likeness (QED) is 0.842. The van der Waals surface area contributed by atoms with Gasteiger partial charge in [0.15, 0.2) is 0 Å². The van der Waals surface area contributed by atoms with Gasteiger partial charge in [0.1, 0.15) is 5.82 Å². The molecule has 2 aromatic rings. The van der Waals surface area contributed by atoms with Crippen LogP contribution in [0.5, 0.6) is 0 Å². The van der Waals surface area contributed by atoms with Crippen LogP contribution in [0.15, 0.2) is 16.9 Å². The highest BCUT2D eigenvalue weighted by Gasteiger charge is 2.05. The average molecular weight is 342 g/mol. The van der Waals surface area contributed by atoms with Crippen LogP contribution in [0.3, 0.4) is 0 Å². The zero-order valence-electron chi connectivity index (χ0n) is 10.9. The summed E-state index contributed by atoms with van der Waals surface area (Å²) in [4.78, 5) is 14.1. The van der Waals surface area contributed by atoms with Crippen molar-refractivity contribution in [3.63, 3.8) is 0 Å². The molecular formula is C12H16BrN5S. The Morgan fingerprint density at radius 2 is 2.11 bits per heavy atom. The van der Waals surface area contributed by atoms with Crippen molar-refractivity contribution in [1.82, 2.24) is 15.0 Å². The first-order valence-electron chi connectivity index (χ1n) is 6.10. The number of anilines is 2. The predicted octanol–water partition coefficient (Wildman–Crippen LogP) is 3.44. The Bertz CT molecular complexity index is 543. The van der Waals surface area contributed by atoms with Gasteiger partial charge in [-0.1, -0.05) is 6.92 Å². The summed E-state index contributed by atoms with van der Waals surface area (Å²) in [6.07, 6.45) is 4.69. The smallest absolute Gasteiger partial charge is 0.224 e. The molecular weight excluding hydrogens is 326 g/mol. The number of aryl methyl sites for hydroxylation is 1. The van der Waals surface area contributed by atoms with Gasteiger partial charge in [0.25, 0.3) is 0 Å². The van der Waals surface area contributed by atoms with Crippen molar-refractivity contribution in [3.8, 4) is 0 Å². The van der Waals surface area contributed by atoms with E-state index in [2.05, 4.69) is 48.4 Å². The average Bonchev–Trinajstić information content (AvgIpc) is 2.82. The van der Waals surface area contributed by atoms with Crippen LogP contribution in [0.25, 0.3) is 0 Å². The van der Waals surface area contributed by atoms with Gasteiger partial charge in [0.2, 0.25) is 5.95 Å². The van der Waals surface area contributed by atoms with E-state index >= 15 is 0 Å². The molecule has 2 rings (SSSR count). The minimum absolute atomic E-state index is 0.646. The molecule has 102 valence electrons. The van der Waals surface area contributed by atoms with Crippen LogP contribution in [-0.2, 0) is 6.54 Å². The van der Waals surface area contributed by atoms with Gasteiger partial charge in [-0.25, -0.2) is 9.97 Å². The van der Waals surface area contributed by atoms with Crippen LogP contribution in [0, 0.1) is 6.92 Å². The number of thiazole rings is 1. The molecule has 19 heavy (non-hydrogen) atoms. The van der Waals surface area contributed by atoms with E-state index in [4.69, 9.17) is 0 Å². The molecule has 0 aromatic carbocycles. The van der Waals surface area contributed by atoms with E-state index in [9.17, 15) is 0 Å². The lowest BCUT2D eigenvalue weighted by atomic mass is 10.5. The Hall–Kier alpha value is -1.21. The summed E-state index contributed by atoms with van der Waals surface area (Å²) in [7, 11) is 0. The molecule has 0 amide bonds. The fraction of sp³-hybridized carbons (Fsp3) is 0.417. The first-order valence-corrected chi connectivity index (χ1v) is 7.71. The Labute approximate surface area is 125 Å². The van der Waals surface area contributed by atoms with Crippen molar-refractivity contribution >= 4 is 39.0 Å². The molecule has 0 unspecified atom stereocenters. The van der Waals surface area contributed by atoms with Crippen LogP contribution in [0.2, 0.25) is 0 Å². The fourth-order valence-corrected chi connectivity index (χ4v) is 2.54. The monoisotopic (exact) mass is 341 g/mol. The Morgan fingerprint density at radius 1 is 1.26 bits per heavy atom. The molecule has 0 saturated carbocycles. The Balaban J connectivity index is 2.02. The van der Waals surface area contributed by atoms with Crippen molar-refractivity contribution in [3.05, 3.63) is 26.8 Å². The maximum absolute atomic E-state index is 4.44. The second-order valence-corrected chi connectivity index (χ2v) is 6.19. The van der Waals surface area contributed by atoms with E-state index in [0.29, 0.717) is 12.5 Å². The molecule has 2 heterocycles. The number of aromatic nitrogens is 3. The molecule has 0 atom stereocenters. The van der Waals surface area contributed by atoms with Crippen LogP contribution in [-0.4, -0.2) is 21.5 Å². The number of halogens is 1. The van der Waals surface area contributed by atoms with Crippen LogP contribution >= 0.6 is 27.3 Å². The van der Waals surface area contributed by atoms with Crippen LogP contribution in [0.1, 0.15) is 23.2 Å². The van der Waals surface area contributed by atoms with Crippen molar-refractivity contribution in [1.29, 1.82) is 0 Å². The lowest BCUT2D eigenvalue weighted by Gasteiger charge is -2.08. The molecule has 0 spiro atoms. The molecule has 0 saturated heterocycles. The molecule has 5 nitrogen and oxygen atoms in total. The highest BCUT2D eigenvalue weighted by Crippen LogP contribution is 2.21. The first-order chi connectivity index (χ1) is 9.19. The van der Waals surface area contributed by atoms with Gasteiger partial charge < -0.3 is 10.6 Å². The first kappa shape index (κ1) is 14.2. The number of hydrogen-bond acceptors (Lipinski definition) is 6. The molecule has 2 aromatic heterocycles. The largest absolute Gasteiger partial charge is 0.364 e. The summed E-state index contributed by atoms with van der Waals surface area (Å²) in [5.74, 6) is 1.44. The normalized spacial score (nSPS) is 10.5. The van der Waals surface area contributed by atoms with Gasteiger partial charge in [-0.15, -0.1) is 11.3 Å². The standard InChI is InChI=1S/C12H16BrN5S/c1-3-4-14-12-17-7-10(13)11(18-12)16-6-9-5-15-8(2)19-9/h5,7H,3-4,6H2,1-2H3,(H2,14,16,17,18). The highest BCUT2D eigenvalue weighted by molar-refractivity contribution is 9.10. The molecule has 0 fully saturated rings. The van der Waals surface area contributed by atoms with Gasteiger partial charge in [-0.05, 0) is 29.3 Å². The van der Waals surface area contributed by atoms with E-state index in [1.165, 1.54) is 4.88 Å². The minimum Gasteiger partial charge on any atom is -0.364 e. The van der Waals surface area contributed by atoms with Crippen LogP contribution < -0.4 is 10.6 Å². The van der Waals surface area contributed by atoms with Crippen molar-refractivity contribution in [2.45, 2.75) is 26.8 Å². The summed E-state index contributed by atoms with van der Waals surface area (Å²) in [6, 6.07) is 0. The fourth-order valence-electron chi connectivity index (χ4n) is 1.47. The summed E-state index contributed by atoms with van der Waals surface area (Å²) in [5, 5.41) is 7.54. The van der Waals surface area contributed by atoms with Gasteiger partial charge in [0, 0.05) is 23.8 Å². The molecule has 0 aliphatic carbocycles. The Kier molecular flexibility index (Phi) is 5.09. The van der Waals surface area contributed by atoms with E-state index < -0.39 is 0 Å². The van der Waals surface area contributed by atoms with E-state index in [-0.39, 0.29) is 0 Å². The molecule has 0 aliphatic heterocycles. The second kappa shape index (κ2) is 6.81. The number of hydrogen-bond donors (Lipinski definition) is 2. The number of nitrogens with zero attached hydrogens (tertiary/aromatic N) is 3. The van der Waals surface area contributed by atoms with Gasteiger partial charge in [-0.2, -0.15) is 4.98 Å². The lowest BCUT2D eigenvalue weighted by molar-refractivity contribution is 0.949. The minimum atomic E-state index is 0.646. The number of rotatable bonds is 6. The van der Waals surface area contributed by atoms with E-state index in [1.807, 2.05) is 13.1 Å². The molecule has 0 radical (unpaired) electrons. The van der Waals surface area contributed by atoms with Crippen LogP contribution in [0.4, 0.5) is 11.8 Å². The van der Waals surface area contributed by atoms with E-state index in [1.54, 1.807) is 17.5 Å². The second-order valence-electron chi connectivity index (χ2n) is 4.02.